The van der Waals surface area contributed by atoms with Gasteiger partial charge in [0.25, 0.3) is 0 Å². The molecule has 2 heterocycles. The lowest BCUT2D eigenvalue weighted by atomic mass is 9.89. The molecule has 0 bridgehead atoms. The molecule has 2 N–H and O–H groups in total. The Labute approximate surface area is 266 Å². The minimum atomic E-state index is -0.611. The Hall–Kier alpha value is -3.56. The summed E-state index contributed by atoms with van der Waals surface area (Å²) in [6.45, 7) is 11.2. The number of carbonyl (C=O) groups is 2. The number of nitrogens with one attached hydrogen (secondary N) is 1. The van der Waals surface area contributed by atoms with E-state index in [0.29, 0.717) is 13.1 Å². The average Bonchev–Trinajstić information content (AvgIpc) is 3.49. The van der Waals surface area contributed by atoms with Crippen LogP contribution in [0.3, 0.4) is 0 Å². The minimum Gasteiger partial charge on any atom is -0.459 e. The van der Waals surface area contributed by atoms with Gasteiger partial charge in [-0.1, -0.05) is 79.7 Å². The van der Waals surface area contributed by atoms with Gasteiger partial charge in [0, 0.05) is 31.5 Å². The topological polar surface area (TPSA) is 97.3 Å². The van der Waals surface area contributed by atoms with E-state index in [1.165, 1.54) is 6.92 Å². The highest BCUT2D eigenvalue weighted by Gasteiger charge is 2.42. The Kier molecular flexibility index (Phi) is 10.4. The monoisotopic (exact) mass is 614 g/mol. The zero-order valence-electron chi connectivity index (χ0n) is 27.0. The summed E-state index contributed by atoms with van der Waals surface area (Å²) in [6, 6.07) is 23.8. The van der Waals surface area contributed by atoms with Crippen LogP contribution in [0.5, 0.6) is 0 Å². The second kappa shape index (κ2) is 14.3. The summed E-state index contributed by atoms with van der Waals surface area (Å²) in [5.74, 6) is -0.245. The molecule has 1 amide bonds. The largest absolute Gasteiger partial charge is 0.459 e. The van der Waals surface area contributed by atoms with Gasteiger partial charge in [-0.3, -0.25) is 14.5 Å². The van der Waals surface area contributed by atoms with Gasteiger partial charge in [0.1, 0.15) is 11.6 Å². The lowest BCUT2D eigenvalue weighted by Gasteiger charge is -2.43. The lowest BCUT2D eigenvalue weighted by Crippen LogP contribution is -2.48. The fourth-order valence-corrected chi connectivity index (χ4v) is 6.24. The van der Waals surface area contributed by atoms with E-state index < -0.39 is 11.9 Å². The number of nitrogens with zero attached hydrogens (tertiary/aromatic N) is 1. The highest BCUT2D eigenvalue weighted by molar-refractivity contribution is 5.76. The second-order valence-electron chi connectivity index (χ2n) is 13.2. The molecule has 5 rings (SSSR count). The molecule has 45 heavy (non-hydrogen) atoms. The molecule has 2 aliphatic heterocycles. The maximum absolute atomic E-state index is 13.1. The summed E-state index contributed by atoms with van der Waals surface area (Å²) >= 11 is 0. The van der Waals surface area contributed by atoms with Crippen LogP contribution in [-0.2, 0) is 37.0 Å². The van der Waals surface area contributed by atoms with Crippen molar-refractivity contribution in [2.45, 2.75) is 90.8 Å². The van der Waals surface area contributed by atoms with Gasteiger partial charge >= 0.3 is 5.97 Å². The standard InChI is InChI=1S/C37H46N2O6/c1-24-33(22-39-20-8-11-32(39)35(42)45-37(3,4)5)43-36(44-34(24)28-14-12-26(23-40)13-15-28)29-18-16-27(17-19-29)31-10-7-6-9-30(31)21-38-25(2)41/h6-7,9-10,12-19,24,32-34,36,40H,8,11,20-23H2,1-5H3,(H,38,41)/t24-,32-,33+,34+,36+/m0/s1. The SMILES string of the molecule is CC(=O)NCc1ccccc1-c1ccc([C@@H]2O[C@H](CN3CCC[C@H]3C(=O)OC(C)(C)C)[C@H](C)[C@H](c3ccc(CO)cc3)O2)cc1. The quantitative estimate of drug-likeness (QED) is 0.282. The highest BCUT2D eigenvalue weighted by Crippen LogP contribution is 2.42. The first-order chi connectivity index (χ1) is 21.5. The fourth-order valence-electron chi connectivity index (χ4n) is 6.24. The molecular formula is C37H46N2O6. The smallest absolute Gasteiger partial charge is 0.323 e. The van der Waals surface area contributed by atoms with Crippen molar-refractivity contribution in [1.82, 2.24) is 10.2 Å². The molecule has 0 aromatic heterocycles. The average molecular weight is 615 g/mol. The summed E-state index contributed by atoms with van der Waals surface area (Å²) in [6.07, 6.45) is 0.642. The molecule has 8 heteroatoms. The lowest BCUT2D eigenvalue weighted by molar-refractivity contribution is -0.276. The molecule has 8 nitrogen and oxygen atoms in total. The number of likely N-dealkylation sites (tertiary alicyclic amines) is 1. The van der Waals surface area contributed by atoms with Gasteiger partial charge in [0.15, 0.2) is 6.29 Å². The molecule has 0 saturated carbocycles. The van der Waals surface area contributed by atoms with E-state index >= 15 is 0 Å². The number of carbonyl (C=O) groups excluding carboxylic acids is 2. The van der Waals surface area contributed by atoms with Crippen molar-refractivity contribution < 1.29 is 28.9 Å². The first-order valence-electron chi connectivity index (χ1n) is 15.9. The molecule has 0 radical (unpaired) electrons. The Bertz CT molecular complexity index is 1450. The Morgan fingerprint density at radius 2 is 1.67 bits per heavy atom. The van der Waals surface area contributed by atoms with Crippen molar-refractivity contribution >= 4 is 11.9 Å². The molecule has 2 fully saturated rings. The second-order valence-corrected chi connectivity index (χ2v) is 13.2. The third kappa shape index (κ3) is 8.19. The maximum Gasteiger partial charge on any atom is 0.323 e. The van der Waals surface area contributed by atoms with E-state index in [2.05, 4.69) is 35.3 Å². The molecule has 240 valence electrons. The van der Waals surface area contributed by atoms with Crippen LogP contribution in [0.15, 0.2) is 72.8 Å². The van der Waals surface area contributed by atoms with Gasteiger partial charge in [-0.25, -0.2) is 0 Å². The molecule has 2 aliphatic rings. The van der Waals surface area contributed by atoms with E-state index in [9.17, 15) is 14.7 Å². The first kappa shape index (κ1) is 32.8. The van der Waals surface area contributed by atoms with Crippen LogP contribution in [-0.4, -0.2) is 52.7 Å². The van der Waals surface area contributed by atoms with Crippen molar-refractivity contribution in [3.05, 3.63) is 95.1 Å². The van der Waals surface area contributed by atoms with E-state index in [1.807, 2.05) is 75.4 Å². The van der Waals surface area contributed by atoms with Crippen molar-refractivity contribution in [2.24, 2.45) is 5.92 Å². The molecule has 3 aromatic carbocycles. The highest BCUT2D eigenvalue weighted by atomic mass is 16.7. The fraction of sp³-hybridized carbons (Fsp3) is 0.459. The van der Waals surface area contributed by atoms with Gasteiger partial charge in [-0.2, -0.15) is 0 Å². The maximum atomic E-state index is 13.1. The van der Waals surface area contributed by atoms with Crippen LogP contribution in [0, 0.1) is 5.92 Å². The van der Waals surface area contributed by atoms with Crippen molar-refractivity contribution in [3.63, 3.8) is 0 Å². The minimum absolute atomic E-state index is 0.000962. The van der Waals surface area contributed by atoms with Crippen LogP contribution in [0.4, 0.5) is 0 Å². The molecular weight excluding hydrogens is 568 g/mol. The summed E-state index contributed by atoms with van der Waals surface area (Å²) in [7, 11) is 0. The molecule has 0 aliphatic carbocycles. The molecule has 3 aromatic rings. The number of esters is 1. The van der Waals surface area contributed by atoms with Gasteiger partial charge in [0.05, 0.1) is 18.8 Å². The van der Waals surface area contributed by atoms with Gasteiger partial charge in [0.2, 0.25) is 5.91 Å². The summed E-state index contributed by atoms with van der Waals surface area (Å²) in [5, 5.41) is 12.5. The first-order valence-corrected chi connectivity index (χ1v) is 15.9. The van der Waals surface area contributed by atoms with Crippen molar-refractivity contribution in [3.8, 4) is 11.1 Å². The number of benzene rings is 3. The van der Waals surface area contributed by atoms with E-state index in [1.54, 1.807) is 0 Å². The summed E-state index contributed by atoms with van der Waals surface area (Å²) in [5.41, 5.74) is 5.35. The van der Waals surface area contributed by atoms with Crippen LogP contribution in [0.2, 0.25) is 0 Å². The third-order valence-corrected chi connectivity index (χ3v) is 8.62. The number of hydrogen-bond donors (Lipinski definition) is 2. The summed E-state index contributed by atoms with van der Waals surface area (Å²) in [4.78, 5) is 26.8. The molecule has 0 spiro atoms. The molecule has 2 saturated heterocycles. The van der Waals surface area contributed by atoms with Crippen molar-refractivity contribution in [1.29, 1.82) is 0 Å². The number of aliphatic hydroxyl groups excluding tert-OH is 1. The van der Waals surface area contributed by atoms with Crippen molar-refractivity contribution in [2.75, 3.05) is 13.1 Å². The molecule has 5 atom stereocenters. The predicted octanol–water partition coefficient (Wildman–Crippen LogP) is 6.08. The zero-order valence-corrected chi connectivity index (χ0v) is 27.0. The zero-order chi connectivity index (χ0) is 32.1. The summed E-state index contributed by atoms with van der Waals surface area (Å²) < 4.78 is 19.1. The molecule has 0 unspecified atom stereocenters. The number of amides is 1. The van der Waals surface area contributed by atoms with E-state index in [4.69, 9.17) is 14.2 Å². The predicted molar refractivity (Wildman–Crippen MR) is 173 cm³/mol. The Morgan fingerprint density at radius 1 is 0.978 bits per heavy atom. The number of rotatable bonds is 9. The van der Waals surface area contributed by atoms with E-state index in [0.717, 1.165) is 52.8 Å². The number of hydrogen-bond acceptors (Lipinski definition) is 7. The van der Waals surface area contributed by atoms with Crippen LogP contribution < -0.4 is 5.32 Å². The van der Waals surface area contributed by atoms with Crippen LogP contribution >= 0.6 is 0 Å². The number of ether oxygens (including phenoxy) is 3. The Morgan fingerprint density at radius 3 is 2.33 bits per heavy atom. The van der Waals surface area contributed by atoms with Gasteiger partial charge in [-0.15, -0.1) is 0 Å². The van der Waals surface area contributed by atoms with Gasteiger partial charge in [-0.05, 0) is 68.0 Å². The van der Waals surface area contributed by atoms with Crippen LogP contribution in [0.1, 0.15) is 82.1 Å². The van der Waals surface area contributed by atoms with E-state index in [-0.39, 0.29) is 42.7 Å². The van der Waals surface area contributed by atoms with Gasteiger partial charge < -0.3 is 24.6 Å². The normalized spacial score (nSPS) is 23.9. The Balaban J connectivity index is 1.40. The third-order valence-electron chi connectivity index (χ3n) is 8.62. The number of aliphatic hydroxyl groups is 1. The van der Waals surface area contributed by atoms with Crippen LogP contribution in [0.25, 0.3) is 11.1 Å².